The van der Waals surface area contributed by atoms with Gasteiger partial charge in [-0.25, -0.2) is 4.79 Å². The van der Waals surface area contributed by atoms with Crippen LogP contribution in [0.25, 0.3) is 0 Å². The first kappa shape index (κ1) is 25.5. The van der Waals surface area contributed by atoms with Gasteiger partial charge in [0.15, 0.2) is 0 Å². The molecule has 0 aliphatic rings. The van der Waals surface area contributed by atoms with Crippen LogP contribution in [0.5, 0.6) is 5.75 Å². The van der Waals surface area contributed by atoms with Crippen molar-refractivity contribution in [1.29, 1.82) is 0 Å². The van der Waals surface area contributed by atoms with Crippen molar-refractivity contribution in [2.75, 3.05) is 4.90 Å². The fraction of sp³-hybridized carbons (Fsp3) is 0.367. The predicted molar refractivity (Wildman–Crippen MR) is 140 cm³/mol. The second-order valence-electron chi connectivity index (χ2n) is 9.44. The molecule has 1 N–H and O–H groups in total. The highest BCUT2D eigenvalue weighted by atomic mass is 16.5. The fourth-order valence-electron chi connectivity index (χ4n) is 4.64. The van der Waals surface area contributed by atoms with Crippen LogP contribution in [0.2, 0.25) is 0 Å². The summed E-state index contributed by atoms with van der Waals surface area (Å²) >= 11 is 0. The van der Waals surface area contributed by atoms with Crippen LogP contribution in [0.1, 0.15) is 79.6 Å². The van der Waals surface area contributed by atoms with Gasteiger partial charge in [-0.1, -0.05) is 42.8 Å². The highest BCUT2D eigenvalue weighted by molar-refractivity contribution is 5.91. The third-order valence-corrected chi connectivity index (χ3v) is 6.21. The lowest BCUT2D eigenvalue weighted by Gasteiger charge is -2.34. The molecule has 0 bridgehead atoms. The molecule has 0 aliphatic carbocycles. The highest BCUT2D eigenvalue weighted by Gasteiger charge is 2.22. The van der Waals surface area contributed by atoms with Crippen molar-refractivity contribution >= 4 is 11.7 Å². The third kappa shape index (κ3) is 5.87. The second kappa shape index (κ2) is 11.3. The van der Waals surface area contributed by atoms with E-state index >= 15 is 0 Å². The van der Waals surface area contributed by atoms with Crippen molar-refractivity contribution in [2.24, 2.45) is 0 Å². The number of aliphatic hydroxyl groups is 1. The Hall–Kier alpha value is -3.11. The molecule has 0 heterocycles. The minimum Gasteiger partial charge on any atom is -0.423 e. The molecule has 4 heteroatoms. The Balaban J connectivity index is 2.02. The summed E-state index contributed by atoms with van der Waals surface area (Å²) in [5.74, 6) is 0.172. The Kier molecular flexibility index (Phi) is 8.51. The Morgan fingerprint density at radius 3 is 2.21 bits per heavy atom. The molecule has 0 spiro atoms. The molecule has 3 aromatic carbocycles. The number of nitrogens with zero attached hydrogens (tertiary/aromatic N) is 1. The van der Waals surface area contributed by atoms with Gasteiger partial charge >= 0.3 is 5.97 Å². The molecule has 0 saturated carbocycles. The van der Waals surface area contributed by atoms with E-state index in [1.807, 2.05) is 31.2 Å². The van der Waals surface area contributed by atoms with Crippen LogP contribution in [0.3, 0.4) is 0 Å². The maximum absolute atomic E-state index is 12.9. The molecular formula is C30H37NO3. The zero-order valence-electron chi connectivity index (χ0n) is 21.2. The smallest absolute Gasteiger partial charge is 0.343 e. The zero-order valence-corrected chi connectivity index (χ0v) is 21.2. The molecule has 1 unspecified atom stereocenters. The lowest BCUT2D eigenvalue weighted by atomic mass is 9.87. The number of carbonyl (C=O) groups is 1. The van der Waals surface area contributed by atoms with Crippen molar-refractivity contribution in [3.05, 3.63) is 94.5 Å². The van der Waals surface area contributed by atoms with Crippen molar-refractivity contribution in [3.8, 4) is 5.75 Å². The first-order valence-corrected chi connectivity index (χ1v) is 12.2. The Labute approximate surface area is 204 Å². The van der Waals surface area contributed by atoms with Crippen molar-refractivity contribution in [1.82, 2.24) is 0 Å². The summed E-state index contributed by atoms with van der Waals surface area (Å²) in [5, 5.41) is 9.79. The predicted octanol–water partition coefficient (Wildman–Crippen LogP) is 6.87. The number of ether oxygens (including phenoxy) is 1. The van der Waals surface area contributed by atoms with Gasteiger partial charge in [0.05, 0.1) is 12.2 Å². The van der Waals surface area contributed by atoms with Crippen molar-refractivity contribution < 1.29 is 14.6 Å². The number of carbonyl (C=O) groups excluding carboxylic acids is 1. The van der Waals surface area contributed by atoms with Gasteiger partial charge in [0.2, 0.25) is 0 Å². The molecule has 4 nitrogen and oxygen atoms in total. The molecule has 0 fully saturated rings. The summed E-state index contributed by atoms with van der Waals surface area (Å²) in [4.78, 5) is 15.3. The number of benzene rings is 3. The summed E-state index contributed by atoms with van der Waals surface area (Å²) in [5.41, 5.74) is 5.65. The molecule has 3 rings (SSSR count). The summed E-state index contributed by atoms with van der Waals surface area (Å²) in [6.45, 7) is 12.9. The quantitative estimate of drug-likeness (QED) is 0.280. The minimum absolute atomic E-state index is 0.0217. The van der Waals surface area contributed by atoms with Gasteiger partial charge in [0.25, 0.3) is 0 Å². The van der Waals surface area contributed by atoms with E-state index in [9.17, 15) is 9.90 Å². The average Bonchev–Trinajstić information content (AvgIpc) is 2.80. The molecular weight excluding hydrogens is 422 g/mol. The van der Waals surface area contributed by atoms with E-state index in [2.05, 4.69) is 63.8 Å². The normalized spacial score (nSPS) is 12.1. The van der Waals surface area contributed by atoms with E-state index in [0.29, 0.717) is 23.4 Å². The van der Waals surface area contributed by atoms with Gasteiger partial charge in [0, 0.05) is 29.3 Å². The molecule has 1 atom stereocenters. The molecule has 0 aromatic heterocycles. The Bertz CT molecular complexity index is 1090. The lowest BCUT2D eigenvalue weighted by molar-refractivity contribution is 0.0732. The topological polar surface area (TPSA) is 49.8 Å². The summed E-state index contributed by atoms with van der Waals surface area (Å²) in [7, 11) is 0. The van der Waals surface area contributed by atoms with Gasteiger partial charge in [0.1, 0.15) is 5.75 Å². The molecule has 0 amide bonds. The highest BCUT2D eigenvalue weighted by Crippen LogP contribution is 2.37. The first-order chi connectivity index (χ1) is 16.2. The van der Waals surface area contributed by atoms with Gasteiger partial charge in [-0.05, 0) is 88.6 Å². The van der Waals surface area contributed by atoms with E-state index in [-0.39, 0.29) is 18.5 Å². The van der Waals surface area contributed by atoms with E-state index in [1.165, 1.54) is 5.69 Å². The maximum atomic E-state index is 12.9. The Morgan fingerprint density at radius 2 is 1.62 bits per heavy atom. The third-order valence-electron chi connectivity index (χ3n) is 6.21. The molecule has 0 saturated heterocycles. The van der Waals surface area contributed by atoms with Crippen molar-refractivity contribution in [3.63, 3.8) is 0 Å². The van der Waals surface area contributed by atoms with Gasteiger partial charge in [-0.2, -0.15) is 0 Å². The van der Waals surface area contributed by atoms with E-state index < -0.39 is 0 Å². The Morgan fingerprint density at radius 1 is 0.941 bits per heavy atom. The number of anilines is 1. The molecule has 0 radical (unpaired) electrons. The van der Waals surface area contributed by atoms with Crippen LogP contribution in [-0.2, 0) is 6.61 Å². The summed E-state index contributed by atoms with van der Waals surface area (Å²) in [6.07, 6.45) is 0.830. The number of esters is 1. The van der Waals surface area contributed by atoms with Crippen LogP contribution in [0.15, 0.2) is 66.7 Å². The van der Waals surface area contributed by atoms with Crippen LogP contribution in [-0.4, -0.2) is 23.2 Å². The average molecular weight is 460 g/mol. The first-order valence-electron chi connectivity index (χ1n) is 12.2. The maximum Gasteiger partial charge on any atom is 0.343 e. The number of rotatable bonds is 9. The molecule has 180 valence electrons. The summed E-state index contributed by atoms with van der Waals surface area (Å²) < 4.78 is 5.90. The molecule has 0 aliphatic heterocycles. The number of aryl methyl sites for hydroxylation is 1. The minimum atomic E-state index is -0.382. The van der Waals surface area contributed by atoms with Crippen LogP contribution in [0, 0.1) is 6.92 Å². The number of hydrogen-bond acceptors (Lipinski definition) is 4. The van der Waals surface area contributed by atoms with Crippen molar-refractivity contribution in [2.45, 2.75) is 72.6 Å². The van der Waals surface area contributed by atoms with Gasteiger partial charge in [-0.3, -0.25) is 0 Å². The monoisotopic (exact) mass is 459 g/mol. The van der Waals surface area contributed by atoms with Gasteiger partial charge < -0.3 is 14.7 Å². The van der Waals surface area contributed by atoms with E-state index in [4.69, 9.17) is 4.74 Å². The zero-order chi connectivity index (χ0) is 24.8. The fourth-order valence-corrected chi connectivity index (χ4v) is 4.64. The van der Waals surface area contributed by atoms with Crippen LogP contribution >= 0.6 is 0 Å². The van der Waals surface area contributed by atoms with E-state index in [1.54, 1.807) is 18.2 Å². The van der Waals surface area contributed by atoms with E-state index in [0.717, 1.165) is 28.7 Å². The number of hydrogen-bond donors (Lipinski definition) is 1. The second-order valence-corrected chi connectivity index (χ2v) is 9.44. The largest absolute Gasteiger partial charge is 0.423 e. The standard InChI is InChI=1S/C30H37NO3/c1-7-27(25-9-8-10-26(18-25)31(20(2)3)21(4)5)28-17-23(19-32)13-16-29(28)34-30(33)24-14-11-22(6)12-15-24/h8-18,20-21,27,32H,7,19H2,1-6H3. The number of aliphatic hydroxyl groups excluding tert-OH is 1. The van der Waals surface area contributed by atoms with Crippen LogP contribution < -0.4 is 9.64 Å². The molecule has 34 heavy (non-hydrogen) atoms. The molecule has 3 aromatic rings. The van der Waals surface area contributed by atoms with Crippen LogP contribution in [0.4, 0.5) is 5.69 Å². The SMILES string of the molecule is CCC(c1cccc(N(C(C)C)C(C)C)c1)c1cc(CO)ccc1OC(=O)c1ccc(C)cc1. The van der Waals surface area contributed by atoms with Gasteiger partial charge in [-0.15, -0.1) is 0 Å². The summed E-state index contributed by atoms with van der Waals surface area (Å²) in [6, 6.07) is 22.3. The lowest BCUT2D eigenvalue weighted by Crippen LogP contribution is -2.37.